The van der Waals surface area contributed by atoms with Gasteiger partial charge >= 0.3 is 5.97 Å². The number of aliphatic carboxylic acids is 1. The van der Waals surface area contributed by atoms with E-state index in [1.165, 1.54) is 11.8 Å². The van der Waals surface area contributed by atoms with E-state index in [-0.39, 0.29) is 31.8 Å². The predicted molar refractivity (Wildman–Crippen MR) is 148 cm³/mol. The number of thioether (sulfide) groups is 1. The Bertz CT molecular complexity index is 1010. The van der Waals surface area contributed by atoms with Crippen molar-refractivity contribution in [3.63, 3.8) is 0 Å². The fourth-order valence-electron chi connectivity index (χ4n) is 3.43. The molecule has 1 rings (SSSR count). The maximum absolute atomic E-state index is 13.4. The SMILES string of the molecule is CSCCC(N)C(=O)NC(Cc1ccccc1)C(=O)NC(CCCN=C(N)N)C(=O)NC(CC(N)=O)C(=O)O. The van der Waals surface area contributed by atoms with Crippen LogP contribution in [0.1, 0.15) is 31.2 Å². The number of primary amides is 1. The third-order valence-corrected chi connectivity index (χ3v) is 6.13. The highest BCUT2D eigenvalue weighted by molar-refractivity contribution is 7.98. The van der Waals surface area contributed by atoms with Gasteiger partial charge in [0.05, 0.1) is 12.5 Å². The van der Waals surface area contributed by atoms with Gasteiger partial charge in [-0.15, -0.1) is 0 Å². The molecule has 4 unspecified atom stereocenters. The number of aliphatic imine (C=N–C) groups is 1. The summed E-state index contributed by atoms with van der Waals surface area (Å²) in [5.74, 6) is -3.98. The topological polar surface area (TPSA) is 258 Å². The number of carbonyl (C=O) groups excluding carboxylic acids is 4. The van der Waals surface area contributed by atoms with Crippen LogP contribution in [0.2, 0.25) is 0 Å². The minimum atomic E-state index is -1.60. The third kappa shape index (κ3) is 13.5. The summed E-state index contributed by atoms with van der Waals surface area (Å²) >= 11 is 1.53. The molecule has 0 fully saturated rings. The second kappa shape index (κ2) is 17.6. The van der Waals surface area contributed by atoms with E-state index in [4.69, 9.17) is 22.9 Å². The van der Waals surface area contributed by atoms with Gasteiger partial charge < -0.3 is 44.0 Å². The van der Waals surface area contributed by atoms with Crippen molar-refractivity contribution in [3.8, 4) is 0 Å². The first-order valence-corrected chi connectivity index (χ1v) is 13.6. The fourth-order valence-corrected chi connectivity index (χ4v) is 3.92. The second-order valence-electron chi connectivity index (χ2n) is 8.72. The minimum absolute atomic E-state index is 0.0243. The van der Waals surface area contributed by atoms with Gasteiger partial charge in [0.2, 0.25) is 23.6 Å². The van der Waals surface area contributed by atoms with Gasteiger partial charge in [0.1, 0.15) is 18.1 Å². The third-order valence-electron chi connectivity index (χ3n) is 5.48. The van der Waals surface area contributed by atoms with Crippen LogP contribution in [0.15, 0.2) is 35.3 Å². The summed E-state index contributed by atoms with van der Waals surface area (Å²) in [6, 6.07) is 4.16. The molecule has 0 saturated carbocycles. The molecule has 0 aliphatic heterocycles. The van der Waals surface area contributed by atoms with Crippen molar-refractivity contribution in [1.82, 2.24) is 16.0 Å². The lowest BCUT2D eigenvalue weighted by Gasteiger charge is -2.25. The van der Waals surface area contributed by atoms with Crippen LogP contribution in [0.3, 0.4) is 0 Å². The number of hydrogen-bond donors (Lipinski definition) is 8. The zero-order valence-electron chi connectivity index (χ0n) is 21.8. The molecule has 1 aromatic rings. The van der Waals surface area contributed by atoms with Crippen molar-refractivity contribution < 1.29 is 29.1 Å². The Morgan fingerprint density at radius 1 is 0.897 bits per heavy atom. The molecule has 0 bridgehead atoms. The first kappa shape index (κ1) is 33.2. The normalized spacial score (nSPS) is 13.7. The molecule has 0 aliphatic rings. The number of guanidine groups is 1. The highest BCUT2D eigenvalue weighted by atomic mass is 32.2. The molecular formula is C24H38N8O6S. The Morgan fingerprint density at radius 3 is 2.05 bits per heavy atom. The molecule has 0 aromatic heterocycles. The van der Waals surface area contributed by atoms with Crippen LogP contribution in [-0.2, 0) is 30.4 Å². The molecule has 216 valence electrons. The number of carbonyl (C=O) groups is 5. The number of benzene rings is 1. The molecule has 0 saturated heterocycles. The van der Waals surface area contributed by atoms with E-state index < -0.39 is 60.2 Å². The molecule has 0 aliphatic carbocycles. The van der Waals surface area contributed by atoms with E-state index in [0.29, 0.717) is 12.2 Å². The van der Waals surface area contributed by atoms with Gasteiger partial charge in [-0.2, -0.15) is 11.8 Å². The summed E-state index contributed by atoms with van der Waals surface area (Å²) in [7, 11) is 0. The molecule has 0 heterocycles. The smallest absolute Gasteiger partial charge is 0.326 e. The number of carboxylic acids is 1. The minimum Gasteiger partial charge on any atom is -0.480 e. The Labute approximate surface area is 231 Å². The maximum atomic E-state index is 13.4. The van der Waals surface area contributed by atoms with Gasteiger partial charge in [-0.25, -0.2) is 4.79 Å². The molecule has 12 N–H and O–H groups in total. The summed E-state index contributed by atoms with van der Waals surface area (Å²) in [5, 5.41) is 16.8. The predicted octanol–water partition coefficient (Wildman–Crippen LogP) is -2.22. The van der Waals surface area contributed by atoms with Crippen molar-refractivity contribution in [2.45, 2.75) is 56.3 Å². The van der Waals surface area contributed by atoms with E-state index in [9.17, 15) is 29.1 Å². The molecule has 39 heavy (non-hydrogen) atoms. The van der Waals surface area contributed by atoms with Gasteiger partial charge in [0.15, 0.2) is 5.96 Å². The molecule has 1 aromatic carbocycles. The average molecular weight is 567 g/mol. The van der Waals surface area contributed by atoms with Crippen molar-refractivity contribution in [1.29, 1.82) is 0 Å². The van der Waals surface area contributed by atoms with E-state index >= 15 is 0 Å². The number of carboxylic acid groups (broad SMARTS) is 1. The lowest BCUT2D eigenvalue weighted by Crippen LogP contribution is -2.57. The maximum Gasteiger partial charge on any atom is 0.326 e. The number of nitrogens with two attached hydrogens (primary N) is 4. The van der Waals surface area contributed by atoms with Gasteiger partial charge in [-0.1, -0.05) is 30.3 Å². The summed E-state index contributed by atoms with van der Waals surface area (Å²) in [4.78, 5) is 65.7. The molecule has 4 amide bonds. The standard InChI is InChI=1S/C24H38N8O6S/c1-39-11-9-15(25)20(34)31-17(12-14-6-3-2-4-7-14)22(36)30-16(8-5-10-29-24(27)28)21(35)32-18(23(37)38)13-19(26)33/h2-4,6-7,15-18H,5,8-13,25H2,1H3,(H2,26,33)(H,30,36)(H,31,34)(H,32,35)(H,37,38)(H4,27,28,29). The monoisotopic (exact) mass is 566 g/mol. The van der Waals surface area contributed by atoms with Crippen molar-refractivity contribution in [2.75, 3.05) is 18.6 Å². The number of amides is 4. The van der Waals surface area contributed by atoms with Crippen molar-refractivity contribution in [2.24, 2.45) is 27.9 Å². The molecular weight excluding hydrogens is 528 g/mol. The summed E-state index contributed by atoms with van der Waals surface area (Å²) < 4.78 is 0. The van der Waals surface area contributed by atoms with Gasteiger partial charge in [-0.05, 0) is 36.8 Å². The Balaban J connectivity index is 3.14. The lowest BCUT2D eigenvalue weighted by atomic mass is 10.0. The quantitative estimate of drug-likeness (QED) is 0.0539. The second-order valence-corrected chi connectivity index (χ2v) is 9.70. The Hall–Kier alpha value is -3.85. The number of nitrogens with one attached hydrogen (secondary N) is 3. The first-order chi connectivity index (χ1) is 18.4. The Morgan fingerprint density at radius 2 is 1.49 bits per heavy atom. The van der Waals surface area contributed by atoms with Crippen LogP contribution >= 0.6 is 11.8 Å². The molecule has 0 spiro atoms. The zero-order chi connectivity index (χ0) is 29.4. The summed E-state index contributed by atoms with van der Waals surface area (Å²) in [5.41, 5.74) is 22.5. The Kier molecular flexibility index (Phi) is 15.0. The average Bonchev–Trinajstić information content (AvgIpc) is 2.87. The van der Waals surface area contributed by atoms with Crippen LogP contribution in [0, 0.1) is 0 Å². The van der Waals surface area contributed by atoms with Gasteiger partial charge in [0.25, 0.3) is 0 Å². The van der Waals surface area contributed by atoms with Crippen molar-refractivity contribution in [3.05, 3.63) is 35.9 Å². The number of rotatable bonds is 18. The van der Waals surface area contributed by atoms with E-state index in [2.05, 4.69) is 20.9 Å². The van der Waals surface area contributed by atoms with Gasteiger partial charge in [-0.3, -0.25) is 24.2 Å². The molecule has 14 nitrogen and oxygen atoms in total. The number of nitrogens with zero attached hydrogens (tertiary/aromatic N) is 1. The molecule has 0 radical (unpaired) electrons. The lowest BCUT2D eigenvalue weighted by molar-refractivity contribution is -0.143. The van der Waals surface area contributed by atoms with E-state index in [1.807, 2.05) is 6.26 Å². The van der Waals surface area contributed by atoms with Gasteiger partial charge in [0, 0.05) is 13.0 Å². The van der Waals surface area contributed by atoms with Crippen molar-refractivity contribution >= 4 is 47.3 Å². The highest BCUT2D eigenvalue weighted by Gasteiger charge is 2.30. The molecule has 4 atom stereocenters. The molecule has 15 heteroatoms. The zero-order valence-corrected chi connectivity index (χ0v) is 22.6. The van der Waals surface area contributed by atoms with E-state index in [1.54, 1.807) is 30.3 Å². The number of hydrogen-bond acceptors (Lipinski definition) is 8. The fraction of sp³-hybridized carbons (Fsp3) is 0.500. The largest absolute Gasteiger partial charge is 0.480 e. The van der Waals surface area contributed by atoms with Crippen LogP contribution in [0.25, 0.3) is 0 Å². The summed E-state index contributed by atoms with van der Waals surface area (Å²) in [6.07, 6.45) is 2.02. The van der Waals surface area contributed by atoms with Crippen LogP contribution in [0.4, 0.5) is 0 Å². The van der Waals surface area contributed by atoms with E-state index in [0.717, 1.165) is 5.56 Å². The van der Waals surface area contributed by atoms with Crippen LogP contribution in [-0.4, -0.2) is 83.4 Å². The van der Waals surface area contributed by atoms with Crippen LogP contribution < -0.4 is 38.9 Å². The van der Waals surface area contributed by atoms with Crippen LogP contribution in [0.5, 0.6) is 0 Å². The summed E-state index contributed by atoms with van der Waals surface area (Å²) in [6.45, 7) is 0.139. The highest BCUT2D eigenvalue weighted by Crippen LogP contribution is 2.08. The first-order valence-electron chi connectivity index (χ1n) is 12.2.